The van der Waals surface area contributed by atoms with Crippen molar-refractivity contribution in [2.24, 2.45) is 0 Å². The van der Waals surface area contributed by atoms with Gasteiger partial charge >= 0.3 is 0 Å². The van der Waals surface area contributed by atoms with Gasteiger partial charge in [0, 0.05) is 18.8 Å². The molecular weight excluding hydrogens is 374 g/mol. The number of rotatable bonds is 6. The van der Waals surface area contributed by atoms with Gasteiger partial charge in [-0.25, -0.2) is 13.5 Å². The molecular formula is C17H20F2N6OS. The number of carbonyl (C=O) groups excluding carboxylic acids is 1. The molecule has 7 nitrogen and oxygen atoms in total. The fourth-order valence-electron chi connectivity index (χ4n) is 3.15. The average Bonchev–Trinajstić information content (AvgIpc) is 3.12. The predicted molar refractivity (Wildman–Crippen MR) is 97.8 cm³/mol. The van der Waals surface area contributed by atoms with Gasteiger partial charge in [-0.15, -0.1) is 5.10 Å². The summed E-state index contributed by atoms with van der Waals surface area (Å²) in [4.78, 5) is 14.1. The summed E-state index contributed by atoms with van der Waals surface area (Å²) in [6.45, 7) is 2.99. The Labute approximate surface area is 159 Å². The molecule has 1 aliphatic heterocycles. The van der Waals surface area contributed by atoms with Gasteiger partial charge < -0.3 is 10.2 Å². The van der Waals surface area contributed by atoms with E-state index in [0.29, 0.717) is 24.3 Å². The predicted octanol–water partition coefficient (Wildman–Crippen LogP) is 3.01. The van der Waals surface area contributed by atoms with Crippen molar-refractivity contribution in [2.45, 2.75) is 49.1 Å². The van der Waals surface area contributed by atoms with Gasteiger partial charge in [0.2, 0.25) is 11.1 Å². The number of tetrazole rings is 1. The summed E-state index contributed by atoms with van der Waals surface area (Å²) in [7, 11) is 0. The Morgan fingerprint density at radius 3 is 2.56 bits per heavy atom. The van der Waals surface area contributed by atoms with E-state index in [0.717, 1.165) is 25.7 Å². The number of aromatic nitrogens is 4. The van der Waals surface area contributed by atoms with E-state index < -0.39 is 16.9 Å². The topological polar surface area (TPSA) is 75.9 Å². The maximum absolute atomic E-state index is 14.4. The maximum Gasteiger partial charge on any atom is 0.237 e. The van der Waals surface area contributed by atoms with Gasteiger partial charge in [0.1, 0.15) is 5.69 Å². The minimum Gasteiger partial charge on any atom is -0.367 e. The summed E-state index contributed by atoms with van der Waals surface area (Å²) in [5.41, 5.74) is 0.0868. The molecule has 0 spiro atoms. The van der Waals surface area contributed by atoms with Gasteiger partial charge in [-0.05, 0) is 55.2 Å². The molecule has 1 saturated heterocycles. The number of anilines is 2. The Balaban J connectivity index is 1.43. The normalized spacial score (nSPS) is 18.0. The Morgan fingerprint density at radius 1 is 1.26 bits per heavy atom. The van der Waals surface area contributed by atoms with Crippen LogP contribution in [-0.2, 0) is 4.79 Å². The number of nitrogens with one attached hydrogen (secondary N) is 1. The van der Waals surface area contributed by atoms with E-state index in [9.17, 15) is 13.6 Å². The van der Waals surface area contributed by atoms with Gasteiger partial charge in [0.05, 0.1) is 11.3 Å². The first-order chi connectivity index (χ1) is 13.0. The highest BCUT2D eigenvalue weighted by molar-refractivity contribution is 8.00. The van der Waals surface area contributed by atoms with Crippen molar-refractivity contribution in [1.82, 2.24) is 20.2 Å². The van der Waals surface area contributed by atoms with Crippen molar-refractivity contribution in [3.8, 4) is 0 Å². The van der Waals surface area contributed by atoms with E-state index in [1.165, 1.54) is 23.9 Å². The minimum absolute atomic E-state index is 0.0171. The van der Waals surface area contributed by atoms with E-state index in [4.69, 9.17) is 0 Å². The van der Waals surface area contributed by atoms with E-state index in [2.05, 4.69) is 20.8 Å². The lowest BCUT2D eigenvalue weighted by molar-refractivity contribution is -0.115. The molecule has 1 atom stereocenters. The van der Waals surface area contributed by atoms with Gasteiger partial charge in [-0.3, -0.25) is 4.79 Å². The monoisotopic (exact) mass is 394 g/mol. The third kappa shape index (κ3) is 3.90. The molecule has 2 heterocycles. The lowest BCUT2D eigenvalue weighted by Crippen LogP contribution is -2.24. The van der Waals surface area contributed by atoms with Crippen molar-refractivity contribution >= 4 is 29.0 Å². The van der Waals surface area contributed by atoms with Crippen LogP contribution in [0.3, 0.4) is 0 Å². The number of hydrogen-bond acceptors (Lipinski definition) is 6. The molecule has 1 unspecified atom stereocenters. The van der Waals surface area contributed by atoms with Crippen LogP contribution in [0.25, 0.3) is 0 Å². The zero-order valence-corrected chi connectivity index (χ0v) is 15.7. The van der Waals surface area contributed by atoms with Gasteiger partial charge in [0.25, 0.3) is 0 Å². The highest BCUT2D eigenvalue weighted by atomic mass is 32.2. The molecule has 2 aromatic rings. The van der Waals surface area contributed by atoms with Gasteiger partial charge in [0.15, 0.2) is 11.6 Å². The molecule has 144 valence electrons. The molecule has 0 bridgehead atoms. The minimum atomic E-state index is -0.662. The highest BCUT2D eigenvalue weighted by Gasteiger charge is 2.29. The van der Waals surface area contributed by atoms with Crippen LogP contribution in [0.15, 0.2) is 17.3 Å². The van der Waals surface area contributed by atoms with Gasteiger partial charge in [-0.2, -0.15) is 0 Å². The zero-order valence-electron chi connectivity index (χ0n) is 14.9. The molecule has 1 aromatic heterocycles. The summed E-state index contributed by atoms with van der Waals surface area (Å²) in [6.07, 6.45) is 3.90. The standard InChI is InChI=1S/C17H20F2N6OS/c1-10(27-17-21-22-23-25(17)12-4-5-12)16(26)20-11-8-13(18)15(14(19)9-11)24-6-2-3-7-24/h8-10,12H,2-7H2,1H3,(H,20,26). The smallest absolute Gasteiger partial charge is 0.237 e. The van der Waals surface area contributed by atoms with Crippen LogP contribution in [-0.4, -0.2) is 44.5 Å². The number of thioether (sulfide) groups is 1. The maximum atomic E-state index is 14.4. The molecule has 2 aliphatic rings. The van der Waals surface area contributed by atoms with E-state index >= 15 is 0 Å². The third-order valence-corrected chi connectivity index (χ3v) is 5.76. The molecule has 4 rings (SSSR count). The first-order valence-electron chi connectivity index (χ1n) is 9.02. The largest absolute Gasteiger partial charge is 0.367 e. The lowest BCUT2D eigenvalue weighted by Gasteiger charge is -2.20. The van der Waals surface area contributed by atoms with Crippen LogP contribution in [0.5, 0.6) is 0 Å². The van der Waals surface area contributed by atoms with Crippen molar-refractivity contribution in [3.05, 3.63) is 23.8 Å². The second-order valence-corrected chi connectivity index (χ2v) is 8.18. The van der Waals surface area contributed by atoms with E-state index in [1.54, 1.807) is 16.5 Å². The third-order valence-electron chi connectivity index (χ3n) is 4.71. The lowest BCUT2D eigenvalue weighted by atomic mass is 10.2. The van der Waals surface area contributed by atoms with Crippen molar-refractivity contribution in [2.75, 3.05) is 23.3 Å². The Kier molecular flexibility index (Phi) is 4.98. The van der Waals surface area contributed by atoms with Crippen molar-refractivity contribution < 1.29 is 13.6 Å². The molecule has 1 aromatic carbocycles. The van der Waals surface area contributed by atoms with Crippen LogP contribution in [0, 0.1) is 11.6 Å². The quantitative estimate of drug-likeness (QED) is 0.759. The number of benzene rings is 1. The van der Waals surface area contributed by atoms with Crippen molar-refractivity contribution in [1.29, 1.82) is 0 Å². The SMILES string of the molecule is CC(Sc1nnnn1C1CC1)C(=O)Nc1cc(F)c(N2CCCC2)c(F)c1. The summed E-state index contributed by atoms with van der Waals surface area (Å²) >= 11 is 1.22. The Hall–Kier alpha value is -2.23. The van der Waals surface area contributed by atoms with Crippen LogP contribution < -0.4 is 10.2 Å². The van der Waals surface area contributed by atoms with Crippen LogP contribution >= 0.6 is 11.8 Å². The van der Waals surface area contributed by atoms with Crippen LogP contribution in [0.4, 0.5) is 20.2 Å². The number of carbonyl (C=O) groups is 1. The molecule has 1 amide bonds. The molecule has 1 N–H and O–H groups in total. The summed E-state index contributed by atoms with van der Waals surface area (Å²) in [5, 5.41) is 14.2. The first kappa shape index (κ1) is 18.1. The zero-order chi connectivity index (χ0) is 19.0. The highest BCUT2D eigenvalue weighted by Crippen LogP contribution is 2.37. The summed E-state index contributed by atoms with van der Waals surface area (Å²) in [5.74, 6) is -1.69. The molecule has 2 fully saturated rings. The molecule has 0 radical (unpaired) electrons. The fourth-order valence-corrected chi connectivity index (χ4v) is 4.01. The van der Waals surface area contributed by atoms with Crippen LogP contribution in [0.2, 0.25) is 0 Å². The van der Waals surface area contributed by atoms with E-state index in [-0.39, 0.29) is 17.3 Å². The summed E-state index contributed by atoms with van der Waals surface area (Å²) in [6, 6.07) is 2.64. The summed E-state index contributed by atoms with van der Waals surface area (Å²) < 4.78 is 30.5. The molecule has 1 saturated carbocycles. The van der Waals surface area contributed by atoms with Gasteiger partial charge in [-0.1, -0.05) is 11.8 Å². The van der Waals surface area contributed by atoms with E-state index in [1.807, 2.05) is 0 Å². The fraction of sp³-hybridized carbons (Fsp3) is 0.529. The van der Waals surface area contributed by atoms with Crippen LogP contribution in [0.1, 0.15) is 38.6 Å². The second kappa shape index (κ2) is 7.41. The van der Waals surface area contributed by atoms with Crippen molar-refractivity contribution in [3.63, 3.8) is 0 Å². The molecule has 1 aliphatic carbocycles. The number of amides is 1. The number of halogens is 2. The number of nitrogens with zero attached hydrogens (tertiary/aromatic N) is 5. The molecule has 10 heteroatoms. The second-order valence-electron chi connectivity index (χ2n) is 6.87. The molecule has 27 heavy (non-hydrogen) atoms. The Morgan fingerprint density at radius 2 is 1.93 bits per heavy atom. The first-order valence-corrected chi connectivity index (χ1v) is 9.90. The number of hydrogen-bond donors (Lipinski definition) is 1. The Bertz CT molecular complexity index is 827. The average molecular weight is 394 g/mol.